The monoisotopic (exact) mass is 708 g/mol. The van der Waals surface area contributed by atoms with Crippen LogP contribution in [0.4, 0.5) is 0 Å². The van der Waals surface area contributed by atoms with E-state index in [1.807, 2.05) is 0 Å². The summed E-state index contributed by atoms with van der Waals surface area (Å²) in [6.45, 7) is 1.79. The summed E-state index contributed by atoms with van der Waals surface area (Å²) < 4.78 is 33.1. The van der Waals surface area contributed by atoms with Crippen LogP contribution < -0.4 is 0 Å². The van der Waals surface area contributed by atoms with Gasteiger partial charge in [-0.3, -0.25) is 0 Å². The molecular formula is C28H52O20. The summed E-state index contributed by atoms with van der Waals surface area (Å²) in [4.78, 5) is 0. The second kappa shape index (κ2) is 17.6. The number of aliphatic hydroxyl groups is 14. The van der Waals surface area contributed by atoms with Crippen LogP contribution >= 0.6 is 0 Å². The van der Waals surface area contributed by atoms with Gasteiger partial charge in [-0.15, -0.1) is 0 Å². The van der Waals surface area contributed by atoms with Crippen molar-refractivity contribution in [3.05, 3.63) is 0 Å². The van der Waals surface area contributed by atoms with Gasteiger partial charge in [-0.1, -0.05) is 20.8 Å². The third-order valence-electron chi connectivity index (χ3n) is 8.48. The minimum Gasteiger partial charge on any atom is -0.394 e. The molecule has 3 aliphatic heterocycles. The quantitative estimate of drug-likeness (QED) is 0.0796. The van der Waals surface area contributed by atoms with Gasteiger partial charge >= 0.3 is 0 Å². The van der Waals surface area contributed by atoms with Gasteiger partial charge in [-0.25, -0.2) is 0 Å². The molecule has 0 spiro atoms. The molecule has 14 N–H and O–H groups in total. The average molecular weight is 709 g/mol. The van der Waals surface area contributed by atoms with Gasteiger partial charge in [0.15, 0.2) is 18.9 Å². The summed E-state index contributed by atoms with van der Waals surface area (Å²) in [5.74, 6) is 0. The Hall–Kier alpha value is -0.800. The second-order valence-corrected chi connectivity index (χ2v) is 13.5. The molecule has 0 aromatic rings. The molecule has 0 radical (unpaired) electrons. The van der Waals surface area contributed by atoms with Gasteiger partial charge in [0, 0.05) is 0 Å². The minimum atomic E-state index is -2.03. The number of hydrogen-bond acceptors (Lipinski definition) is 20. The Kier molecular flexibility index (Phi) is 15.3. The number of ether oxygens (including phenoxy) is 6. The summed E-state index contributed by atoms with van der Waals surface area (Å²) in [5.41, 5.74) is -0.520. The Bertz CT molecular complexity index is 953. The molecule has 0 bridgehead atoms. The van der Waals surface area contributed by atoms with Crippen LogP contribution in [0.15, 0.2) is 0 Å². The fourth-order valence-corrected chi connectivity index (χ4v) is 5.77. The lowest BCUT2D eigenvalue weighted by molar-refractivity contribution is -0.384. The van der Waals surface area contributed by atoms with Crippen molar-refractivity contribution in [2.45, 2.75) is 144 Å². The maximum Gasteiger partial charge on any atom is 0.187 e. The van der Waals surface area contributed by atoms with Crippen molar-refractivity contribution in [3.8, 4) is 0 Å². The molecule has 0 aliphatic carbocycles. The van der Waals surface area contributed by atoms with Crippen LogP contribution in [-0.4, -0.2) is 214 Å². The molecule has 0 saturated carbocycles. The molecule has 3 saturated heterocycles. The molecule has 0 aromatic heterocycles. The van der Waals surface area contributed by atoms with Gasteiger partial charge in [-0.05, 0) is 11.8 Å². The van der Waals surface area contributed by atoms with Crippen LogP contribution in [0.5, 0.6) is 0 Å². The van der Waals surface area contributed by atoms with Crippen LogP contribution in [0.25, 0.3) is 0 Å². The molecular weight excluding hydrogens is 656 g/mol. The molecule has 20 nitrogen and oxygen atoms in total. The lowest BCUT2D eigenvalue weighted by Gasteiger charge is -2.48. The molecule has 3 heterocycles. The van der Waals surface area contributed by atoms with E-state index in [2.05, 4.69) is 0 Å². The minimum absolute atomic E-state index is 0.00848. The van der Waals surface area contributed by atoms with Crippen molar-refractivity contribution in [2.75, 3.05) is 26.4 Å². The Morgan fingerprint density at radius 1 is 0.542 bits per heavy atom. The van der Waals surface area contributed by atoms with E-state index in [0.717, 1.165) is 0 Å². The van der Waals surface area contributed by atoms with Gasteiger partial charge in [0.1, 0.15) is 91.6 Å². The smallest absolute Gasteiger partial charge is 0.187 e. The Labute approximate surface area is 275 Å². The van der Waals surface area contributed by atoms with Gasteiger partial charge in [0.05, 0.1) is 32.5 Å². The largest absolute Gasteiger partial charge is 0.394 e. The maximum absolute atomic E-state index is 11.1. The molecule has 0 aromatic carbocycles. The van der Waals surface area contributed by atoms with Crippen molar-refractivity contribution < 1.29 is 99.9 Å². The standard InChI is InChI=1S/C28H52O20/c1-28(2,3)4-9(33)22(14(35)10(34)5-29)46-26-20(41)18(39)23(13(8-32)45-26)47-27-21(42)24(16(37)12(7-31)44-27)48-25-19(40)17(38)15(36)11(6-30)43-25/h9-27,29-42H,4-8H2,1-3H3/t9-,10+,11+,12+,13+,14-,15-,16-,17-,18+,19+,20+,21+,22+,23-,24-,25+,26+,27-/m0/s1. The summed E-state index contributed by atoms with van der Waals surface area (Å²) in [6.07, 6.45) is -33.8. The molecule has 0 amide bonds. The first-order chi connectivity index (χ1) is 22.4. The maximum atomic E-state index is 11.1. The highest BCUT2D eigenvalue weighted by molar-refractivity contribution is 4.97. The summed E-state index contributed by atoms with van der Waals surface area (Å²) >= 11 is 0. The molecule has 3 aliphatic rings. The van der Waals surface area contributed by atoms with Crippen molar-refractivity contribution in [1.29, 1.82) is 0 Å². The predicted molar refractivity (Wildman–Crippen MR) is 153 cm³/mol. The zero-order chi connectivity index (χ0) is 36.2. The van der Waals surface area contributed by atoms with E-state index in [4.69, 9.17) is 28.4 Å². The fraction of sp³-hybridized carbons (Fsp3) is 1.00. The van der Waals surface area contributed by atoms with Crippen LogP contribution in [0.1, 0.15) is 27.2 Å². The first-order valence-electron chi connectivity index (χ1n) is 15.6. The first-order valence-corrected chi connectivity index (χ1v) is 15.6. The third kappa shape index (κ3) is 9.54. The van der Waals surface area contributed by atoms with E-state index < -0.39 is 148 Å². The molecule has 3 rings (SSSR count). The SMILES string of the molecule is CC(C)(C)C[C@H](O)[C@@H](O[C@H]1O[C@H](CO)[C@H](O[C@@H]2O[C@H](CO)[C@H](O)[C@H](O[C@H]3O[C@H](CO)[C@H](O)[C@H](O)[C@H]3O)[C@H]2O)[C@H](O)[C@H]1O)[C@@H](O)[C@H](O)CO. The molecule has 19 atom stereocenters. The number of aliphatic hydroxyl groups excluding tert-OH is 14. The third-order valence-corrected chi connectivity index (χ3v) is 8.48. The fourth-order valence-electron chi connectivity index (χ4n) is 5.77. The van der Waals surface area contributed by atoms with Crippen LogP contribution in [0.2, 0.25) is 0 Å². The Morgan fingerprint density at radius 3 is 1.54 bits per heavy atom. The van der Waals surface area contributed by atoms with E-state index in [1.165, 1.54) is 0 Å². The van der Waals surface area contributed by atoms with Crippen LogP contribution in [0.3, 0.4) is 0 Å². The average Bonchev–Trinajstić information content (AvgIpc) is 3.04. The number of rotatable bonds is 14. The molecule has 0 unspecified atom stereocenters. The highest BCUT2D eigenvalue weighted by Crippen LogP contribution is 2.34. The van der Waals surface area contributed by atoms with Crippen LogP contribution in [-0.2, 0) is 28.4 Å². The highest BCUT2D eigenvalue weighted by atomic mass is 16.8. The number of hydrogen-bond donors (Lipinski definition) is 14. The molecule has 20 heteroatoms. The van der Waals surface area contributed by atoms with Crippen molar-refractivity contribution in [1.82, 2.24) is 0 Å². The topological polar surface area (TPSA) is 339 Å². The molecule has 3 fully saturated rings. The van der Waals surface area contributed by atoms with E-state index in [9.17, 15) is 71.5 Å². The van der Waals surface area contributed by atoms with Crippen LogP contribution in [0, 0.1) is 5.41 Å². The van der Waals surface area contributed by atoms with Gasteiger partial charge in [-0.2, -0.15) is 0 Å². The second-order valence-electron chi connectivity index (χ2n) is 13.5. The van der Waals surface area contributed by atoms with Crippen molar-refractivity contribution >= 4 is 0 Å². The Balaban J connectivity index is 1.80. The van der Waals surface area contributed by atoms with E-state index in [1.54, 1.807) is 20.8 Å². The van der Waals surface area contributed by atoms with Gasteiger partial charge < -0.3 is 99.9 Å². The molecule has 284 valence electrons. The van der Waals surface area contributed by atoms with Crippen molar-refractivity contribution in [3.63, 3.8) is 0 Å². The zero-order valence-corrected chi connectivity index (χ0v) is 26.7. The zero-order valence-electron chi connectivity index (χ0n) is 26.7. The molecule has 48 heavy (non-hydrogen) atoms. The van der Waals surface area contributed by atoms with E-state index in [0.29, 0.717) is 0 Å². The predicted octanol–water partition coefficient (Wildman–Crippen LogP) is -7.67. The van der Waals surface area contributed by atoms with E-state index in [-0.39, 0.29) is 6.42 Å². The van der Waals surface area contributed by atoms with Gasteiger partial charge in [0.2, 0.25) is 0 Å². The summed E-state index contributed by atoms with van der Waals surface area (Å²) in [5, 5.41) is 145. The lowest BCUT2D eigenvalue weighted by Crippen LogP contribution is -2.67. The Morgan fingerprint density at radius 2 is 1.02 bits per heavy atom. The summed E-state index contributed by atoms with van der Waals surface area (Å²) in [6, 6.07) is 0. The van der Waals surface area contributed by atoms with E-state index >= 15 is 0 Å². The normalized spacial score (nSPS) is 43.8. The van der Waals surface area contributed by atoms with Gasteiger partial charge in [0.25, 0.3) is 0 Å². The van der Waals surface area contributed by atoms with Crippen molar-refractivity contribution in [2.24, 2.45) is 5.41 Å². The highest BCUT2D eigenvalue weighted by Gasteiger charge is 2.54. The lowest BCUT2D eigenvalue weighted by atomic mass is 9.85. The first kappa shape index (κ1) is 41.6. The summed E-state index contributed by atoms with van der Waals surface area (Å²) in [7, 11) is 0.